The molecular weight excluding hydrogens is 333 g/mol. The lowest BCUT2D eigenvalue weighted by Gasteiger charge is -2.36. The van der Waals surface area contributed by atoms with Crippen LogP contribution in [0.15, 0.2) is 24.3 Å². The van der Waals surface area contributed by atoms with Crippen LogP contribution in [-0.4, -0.2) is 28.9 Å². The van der Waals surface area contributed by atoms with Crippen molar-refractivity contribution in [3.63, 3.8) is 0 Å². The topological polar surface area (TPSA) is 37.3 Å². The maximum Gasteiger partial charge on any atom is 0.431 e. The van der Waals surface area contributed by atoms with E-state index >= 15 is 0 Å². The number of hydrogen-bond acceptors (Lipinski definition) is 2. The summed E-state index contributed by atoms with van der Waals surface area (Å²) < 4.78 is 89.3. The van der Waals surface area contributed by atoms with Gasteiger partial charge in [-0.15, -0.1) is 0 Å². The van der Waals surface area contributed by atoms with E-state index in [4.69, 9.17) is 0 Å². The third kappa shape index (κ3) is 3.82. The van der Waals surface area contributed by atoms with E-state index in [2.05, 4.69) is 0 Å². The number of alkyl halides is 7. The lowest BCUT2D eigenvalue weighted by atomic mass is 9.83. The molecule has 2 nitrogen and oxygen atoms in total. The van der Waals surface area contributed by atoms with Gasteiger partial charge < -0.3 is 5.11 Å². The third-order valence-electron chi connectivity index (χ3n) is 3.38. The molecule has 0 radical (unpaired) electrons. The molecule has 0 fully saturated rings. The van der Waals surface area contributed by atoms with E-state index in [1.807, 2.05) is 0 Å². The van der Waals surface area contributed by atoms with Crippen LogP contribution < -0.4 is 0 Å². The van der Waals surface area contributed by atoms with Crippen molar-refractivity contribution < 1.29 is 40.6 Å². The molecule has 0 aliphatic heterocycles. The van der Waals surface area contributed by atoms with Crippen LogP contribution in [0.3, 0.4) is 0 Å². The predicted molar refractivity (Wildman–Crippen MR) is 66.6 cm³/mol. The van der Waals surface area contributed by atoms with Gasteiger partial charge in [-0.2, -0.15) is 26.3 Å². The lowest BCUT2D eigenvalue weighted by molar-refractivity contribution is -0.352. The van der Waals surface area contributed by atoms with Crippen LogP contribution in [0, 0.1) is 0 Å². The normalized spacial score (nSPS) is 16.1. The Morgan fingerprint density at radius 3 is 1.91 bits per heavy atom. The molecule has 1 unspecified atom stereocenters. The van der Waals surface area contributed by atoms with Crippen molar-refractivity contribution >= 4 is 5.78 Å². The first-order chi connectivity index (χ1) is 10.1. The van der Waals surface area contributed by atoms with Gasteiger partial charge in [0.1, 0.15) is 0 Å². The van der Waals surface area contributed by atoms with Crippen molar-refractivity contribution in [2.75, 3.05) is 0 Å². The quantitative estimate of drug-likeness (QED) is 0.651. The zero-order chi connectivity index (χ0) is 18.3. The second-order valence-electron chi connectivity index (χ2n) is 5.38. The summed E-state index contributed by atoms with van der Waals surface area (Å²) in [5.41, 5.74) is -8.85. The van der Waals surface area contributed by atoms with E-state index in [0.717, 1.165) is 19.1 Å². The number of carbonyl (C=O) groups is 1. The molecule has 9 heteroatoms. The summed E-state index contributed by atoms with van der Waals surface area (Å²) in [6, 6.07) is 4.37. The van der Waals surface area contributed by atoms with Gasteiger partial charge in [0, 0.05) is 12.0 Å². The van der Waals surface area contributed by atoms with Gasteiger partial charge in [-0.1, -0.05) is 18.2 Å². The number of carbonyl (C=O) groups excluding carboxylic acids is 1. The molecule has 0 aliphatic rings. The molecule has 0 aliphatic carbocycles. The Bertz CT molecular complexity index is 574. The number of ketones is 1. The van der Waals surface area contributed by atoms with Crippen LogP contribution in [0.25, 0.3) is 0 Å². The molecule has 0 aromatic heterocycles. The van der Waals surface area contributed by atoms with Gasteiger partial charge in [0.25, 0.3) is 0 Å². The van der Waals surface area contributed by atoms with E-state index in [9.17, 15) is 40.6 Å². The van der Waals surface area contributed by atoms with E-state index in [-0.39, 0.29) is 5.56 Å². The van der Waals surface area contributed by atoms with E-state index in [0.29, 0.717) is 6.92 Å². The predicted octanol–water partition coefficient (Wildman–Crippen LogP) is 4.32. The van der Waals surface area contributed by atoms with Crippen LogP contribution in [0.5, 0.6) is 0 Å². The first kappa shape index (κ1) is 19.4. The largest absolute Gasteiger partial charge is 0.431 e. The van der Waals surface area contributed by atoms with Crippen LogP contribution in [0.4, 0.5) is 30.7 Å². The third-order valence-corrected chi connectivity index (χ3v) is 3.38. The van der Waals surface area contributed by atoms with Gasteiger partial charge in [-0.3, -0.25) is 4.79 Å². The molecule has 1 atom stereocenters. The summed E-state index contributed by atoms with van der Waals surface area (Å²) in [4.78, 5) is 11.2. The summed E-state index contributed by atoms with van der Waals surface area (Å²) in [6.45, 7) is 1.75. The SMILES string of the molecule is CC(=O)c1cccc(C(C)(O)CC(F)(C(F)(F)F)C(F)(F)F)c1. The van der Waals surface area contributed by atoms with E-state index < -0.39 is 41.4 Å². The van der Waals surface area contributed by atoms with E-state index in [1.54, 1.807) is 0 Å². The smallest absolute Gasteiger partial charge is 0.385 e. The zero-order valence-electron chi connectivity index (χ0n) is 12.0. The molecule has 0 heterocycles. The Morgan fingerprint density at radius 2 is 1.52 bits per heavy atom. The van der Waals surface area contributed by atoms with Gasteiger partial charge >= 0.3 is 18.0 Å². The van der Waals surface area contributed by atoms with Crippen molar-refractivity contribution in [1.82, 2.24) is 0 Å². The summed E-state index contributed by atoms with van der Waals surface area (Å²) in [5, 5.41) is 10.0. The molecule has 1 rings (SSSR count). The van der Waals surface area contributed by atoms with Gasteiger partial charge in [0.05, 0.1) is 5.60 Å². The highest BCUT2D eigenvalue weighted by molar-refractivity contribution is 5.94. The number of aliphatic hydroxyl groups is 1. The molecule has 0 amide bonds. The fourth-order valence-corrected chi connectivity index (χ4v) is 2.01. The second-order valence-corrected chi connectivity index (χ2v) is 5.38. The first-order valence-corrected chi connectivity index (χ1v) is 6.28. The Morgan fingerprint density at radius 1 is 1.04 bits per heavy atom. The van der Waals surface area contributed by atoms with E-state index in [1.165, 1.54) is 12.1 Å². The second kappa shape index (κ2) is 5.77. The van der Waals surface area contributed by atoms with Crippen molar-refractivity contribution in [2.24, 2.45) is 0 Å². The molecule has 1 N–H and O–H groups in total. The molecule has 23 heavy (non-hydrogen) atoms. The summed E-state index contributed by atoms with van der Waals surface area (Å²) in [5.74, 6) is -0.513. The van der Waals surface area contributed by atoms with Crippen molar-refractivity contribution in [3.8, 4) is 0 Å². The maximum atomic E-state index is 13.8. The molecule has 0 bridgehead atoms. The fraction of sp³-hybridized carbons (Fsp3) is 0.500. The number of Topliss-reactive ketones (excluding diaryl/α,β-unsaturated/α-hetero) is 1. The lowest BCUT2D eigenvalue weighted by Crippen LogP contribution is -2.56. The standard InChI is InChI=1S/C14H13F7O2/c1-8(22)9-4-3-5-10(6-9)11(2,23)7-12(15,13(16,17)18)14(19,20)21/h3-6,23H,7H2,1-2H3. The Balaban J connectivity index is 3.32. The van der Waals surface area contributed by atoms with Crippen molar-refractivity contribution in [3.05, 3.63) is 35.4 Å². The Labute approximate surface area is 126 Å². The van der Waals surface area contributed by atoms with Gasteiger partial charge in [0.2, 0.25) is 0 Å². The highest BCUT2D eigenvalue weighted by Gasteiger charge is 2.73. The summed E-state index contributed by atoms with van der Waals surface area (Å²) in [7, 11) is 0. The van der Waals surface area contributed by atoms with Gasteiger partial charge in [0.15, 0.2) is 5.78 Å². The monoisotopic (exact) mass is 346 g/mol. The number of benzene rings is 1. The van der Waals surface area contributed by atoms with Crippen LogP contribution in [0.2, 0.25) is 0 Å². The van der Waals surface area contributed by atoms with Crippen LogP contribution in [0.1, 0.15) is 36.2 Å². The number of halogens is 7. The highest BCUT2D eigenvalue weighted by Crippen LogP contribution is 2.51. The van der Waals surface area contributed by atoms with Crippen LogP contribution in [-0.2, 0) is 5.60 Å². The average molecular weight is 346 g/mol. The molecule has 130 valence electrons. The Hall–Kier alpha value is -1.64. The molecule has 0 saturated carbocycles. The molecular formula is C14H13F7O2. The number of rotatable bonds is 4. The zero-order valence-corrected chi connectivity index (χ0v) is 12.0. The van der Waals surface area contributed by atoms with Crippen molar-refractivity contribution in [1.29, 1.82) is 0 Å². The number of hydrogen-bond donors (Lipinski definition) is 1. The summed E-state index contributed by atoms with van der Waals surface area (Å²) >= 11 is 0. The highest BCUT2D eigenvalue weighted by atomic mass is 19.4. The maximum absolute atomic E-state index is 13.8. The van der Waals surface area contributed by atoms with Gasteiger partial charge in [-0.25, -0.2) is 4.39 Å². The molecule has 0 spiro atoms. The first-order valence-electron chi connectivity index (χ1n) is 6.28. The Kier molecular flexibility index (Phi) is 4.87. The molecule has 1 aromatic rings. The fourth-order valence-electron chi connectivity index (χ4n) is 2.01. The van der Waals surface area contributed by atoms with Gasteiger partial charge in [-0.05, 0) is 25.5 Å². The van der Waals surface area contributed by atoms with Crippen molar-refractivity contribution in [2.45, 2.75) is 43.9 Å². The average Bonchev–Trinajstić information content (AvgIpc) is 2.35. The molecule has 1 aromatic carbocycles. The minimum atomic E-state index is -6.26. The van der Waals surface area contributed by atoms with Crippen LogP contribution >= 0.6 is 0 Å². The minimum absolute atomic E-state index is 0.0359. The molecule has 0 saturated heterocycles. The summed E-state index contributed by atoms with van der Waals surface area (Å²) in [6.07, 6.45) is -14.8. The minimum Gasteiger partial charge on any atom is -0.385 e.